The van der Waals surface area contributed by atoms with Crippen molar-refractivity contribution in [1.82, 2.24) is 15.8 Å². The van der Waals surface area contributed by atoms with E-state index in [4.69, 9.17) is 9.47 Å². The zero-order valence-corrected chi connectivity index (χ0v) is 17.1. The maximum absolute atomic E-state index is 12.5. The van der Waals surface area contributed by atoms with Crippen LogP contribution in [0.2, 0.25) is 0 Å². The van der Waals surface area contributed by atoms with Crippen LogP contribution in [0, 0.1) is 5.92 Å². The van der Waals surface area contributed by atoms with Gasteiger partial charge in [0.25, 0.3) is 0 Å². The van der Waals surface area contributed by atoms with Crippen molar-refractivity contribution in [3.8, 4) is 0 Å². The molecule has 0 bridgehead atoms. The molecule has 8 heteroatoms. The lowest BCUT2D eigenvalue weighted by Crippen LogP contribution is -2.51. The first-order valence-electron chi connectivity index (χ1n) is 9.25. The molecule has 28 heavy (non-hydrogen) atoms. The van der Waals surface area contributed by atoms with Crippen LogP contribution in [0.1, 0.15) is 46.6 Å². The maximum atomic E-state index is 12.5. The molecule has 1 saturated heterocycles. The average molecular weight is 391 g/mol. The van der Waals surface area contributed by atoms with Crippen LogP contribution >= 0.6 is 0 Å². The number of ether oxygens (including phenoxy) is 2. The summed E-state index contributed by atoms with van der Waals surface area (Å²) in [5.74, 6) is -0.630. The molecule has 1 unspecified atom stereocenters. The molecule has 0 saturated carbocycles. The Morgan fingerprint density at radius 1 is 1.25 bits per heavy atom. The molecule has 2 N–H and O–H groups in total. The molecule has 1 aromatic carbocycles. The van der Waals surface area contributed by atoms with Crippen LogP contribution in [0.4, 0.5) is 9.59 Å². The molecule has 1 aliphatic heterocycles. The highest BCUT2D eigenvalue weighted by Gasteiger charge is 2.40. The van der Waals surface area contributed by atoms with Crippen molar-refractivity contribution in [3.05, 3.63) is 35.9 Å². The second-order valence-electron chi connectivity index (χ2n) is 8.54. The van der Waals surface area contributed by atoms with E-state index < -0.39 is 23.7 Å². The highest BCUT2D eigenvalue weighted by Crippen LogP contribution is 2.25. The Kier molecular flexibility index (Phi) is 6.53. The van der Waals surface area contributed by atoms with Gasteiger partial charge in [0, 0.05) is 5.54 Å². The van der Waals surface area contributed by atoms with Gasteiger partial charge in [-0.05, 0) is 46.6 Å². The summed E-state index contributed by atoms with van der Waals surface area (Å²) in [5.41, 5.74) is 2.11. The van der Waals surface area contributed by atoms with Gasteiger partial charge >= 0.3 is 12.2 Å². The molecule has 0 spiro atoms. The third kappa shape index (κ3) is 6.75. The number of hydrogen-bond donors (Lipinski definition) is 2. The first-order valence-corrected chi connectivity index (χ1v) is 9.25. The van der Waals surface area contributed by atoms with Crippen LogP contribution in [0.15, 0.2) is 30.3 Å². The molecule has 0 radical (unpaired) electrons. The van der Waals surface area contributed by atoms with E-state index in [9.17, 15) is 14.4 Å². The van der Waals surface area contributed by atoms with Crippen molar-refractivity contribution in [2.24, 2.45) is 5.92 Å². The molecular weight excluding hydrogens is 362 g/mol. The summed E-state index contributed by atoms with van der Waals surface area (Å²) in [7, 11) is 0. The van der Waals surface area contributed by atoms with Crippen molar-refractivity contribution in [1.29, 1.82) is 0 Å². The SMILES string of the molecule is CC1(C)CC(CN(NC(=O)OCc2ccccc2)C(=O)OC(C)(C)C)C(=O)N1. The molecular formula is C20H29N3O5. The summed E-state index contributed by atoms with van der Waals surface area (Å²) in [6.07, 6.45) is -1.01. The molecule has 8 nitrogen and oxygen atoms in total. The second kappa shape index (κ2) is 8.50. The Bertz CT molecular complexity index is 712. The number of carbonyl (C=O) groups is 3. The van der Waals surface area contributed by atoms with Crippen LogP contribution in [-0.4, -0.2) is 40.8 Å². The van der Waals surface area contributed by atoms with Crippen molar-refractivity contribution < 1.29 is 23.9 Å². The summed E-state index contributed by atoms with van der Waals surface area (Å²) in [4.78, 5) is 36.9. The molecule has 0 aliphatic carbocycles. The highest BCUT2D eigenvalue weighted by atomic mass is 16.6. The van der Waals surface area contributed by atoms with Crippen LogP contribution in [0.3, 0.4) is 0 Å². The number of nitrogens with one attached hydrogen (secondary N) is 2. The van der Waals surface area contributed by atoms with E-state index in [0.717, 1.165) is 10.6 Å². The lowest BCUT2D eigenvalue weighted by molar-refractivity contribution is -0.123. The number of hydrogen-bond acceptors (Lipinski definition) is 5. The van der Waals surface area contributed by atoms with Crippen LogP contribution in [0.5, 0.6) is 0 Å². The van der Waals surface area contributed by atoms with Crippen molar-refractivity contribution in [2.75, 3.05) is 6.54 Å². The molecule has 1 aromatic rings. The predicted octanol–water partition coefficient (Wildman–Crippen LogP) is 2.98. The van der Waals surface area contributed by atoms with Gasteiger partial charge in [-0.3, -0.25) is 4.79 Å². The molecule has 1 fully saturated rings. The zero-order chi connectivity index (χ0) is 20.9. The predicted molar refractivity (Wildman–Crippen MR) is 103 cm³/mol. The minimum absolute atomic E-state index is 0.00931. The van der Waals surface area contributed by atoms with E-state index >= 15 is 0 Å². The van der Waals surface area contributed by atoms with Crippen LogP contribution in [-0.2, 0) is 20.9 Å². The number of amides is 3. The quantitative estimate of drug-likeness (QED) is 0.769. The van der Waals surface area contributed by atoms with Gasteiger partial charge in [-0.2, -0.15) is 0 Å². The largest absolute Gasteiger partial charge is 0.443 e. The van der Waals surface area contributed by atoms with Gasteiger partial charge in [-0.25, -0.2) is 20.0 Å². The monoisotopic (exact) mass is 391 g/mol. The van der Waals surface area contributed by atoms with Gasteiger partial charge < -0.3 is 14.8 Å². The molecule has 1 atom stereocenters. The summed E-state index contributed by atoms with van der Waals surface area (Å²) in [6, 6.07) is 9.18. The lowest BCUT2D eigenvalue weighted by atomic mass is 9.97. The standard InChI is InChI=1S/C20H29N3O5/c1-19(2,3)28-18(26)23(12-15-11-20(4,5)21-16(15)24)22-17(25)27-13-14-9-7-6-8-10-14/h6-10,15H,11-13H2,1-5H3,(H,21,24)(H,22,25). The minimum atomic E-state index is -0.799. The Morgan fingerprint density at radius 3 is 2.43 bits per heavy atom. The fourth-order valence-corrected chi connectivity index (χ4v) is 2.91. The van der Waals surface area contributed by atoms with Gasteiger partial charge in [-0.15, -0.1) is 0 Å². The molecule has 0 aromatic heterocycles. The Balaban J connectivity index is 2.02. The van der Waals surface area contributed by atoms with E-state index in [1.54, 1.807) is 20.8 Å². The normalized spacial score (nSPS) is 18.2. The van der Waals surface area contributed by atoms with Crippen molar-refractivity contribution in [2.45, 2.75) is 58.8 Å². The Labute approximate surface area is 165 Å². The Hall–Kier alpha value is -2.77. The van der Waals surface area contributed by atoms with Crippen LogP contribution < -0.4 is 10.7 Å². The molecule has 3 amide bonds. The fraction of sp³-hybridized carbons (Fsp3) is 0.550. The van der Waals surface area contributed by atoms with Crippen molar-refractivity contribution in [3.63, 3.8) is 0 Å². The zero-order valence-electron chi connectivity index (χ0n) is 17.1. The van der Waals surface area contributed by atoms with Gasteiger partial charge in [0.2, 0.25) is 5.91 Å². The maximum Gasteiger partial charge on any atom is 0.429 e. The lowest BCUT2D eigenvalue weighted by Gasteiger charge is -2.28. The van der Waals surface area contributed by atoms with Gasteiger partial charge in [0.05, 0.1) is 12.5 Å². The van der Waals surface area contributed by atoms with Gasteiger partial charge in [0.1, 0.15) is 12.2 Å². The summed E-state index contributed by atoms with van der Waals surface area (Å²) >= 11 is 0. The fourth-order valence-electron chi connectivity index (χ4n) is 2.91. The summed E-state index contributed by atoms with van der Waals surface area (Å²) in [6.45, 7) is 9.04. The summed E-state index contributed by atoms with van der Waals surface area (Å²) < 4.78 is 10.5. The molecule has 1 heterocycles. The number of nitrogens with zero attached hydrogens (tertiary/aromatic N) is 1. The molecule has 1 aliphatic rings. The third-order valence-electron chi connectivity index (χ3n) is 4.04. The average Bonchev–Trinajstić information content (AvgIpc) is 2.83. The van der Waals surface area contributed by atoms with E-state index in [2.05, 4.69) is 10.7 Å². The topological polar surface area (TPSA) is 97.0 Å². The van der Waals surface area contributed by atoms with Crippen molar-refractivity contribution >= 4 is 18.1 Å². The van der Waals surface area contributed by atoms with Gasteiger partial charge in [-0.1, -0.05) is 30.3 Å². The first kappa shape index (κ1) is 21.5. The first-order chi connectivity index (χ1) is 13.0. The number of benzene rings is 1. The number of hydrazine groups is 1. The van der Waals surface area contributed by atoms with E-state index in [-0.39, 0.29) is 24.6 Å². The van der Waals surface area contributed by atoms with Crippen LogP contribution in [0.25, 0.3) is 0 Å². The smallest absolute Gasteiger partial charge is 0.429 e. The molecule has 154 valence electrons. The number of rotatable bonds is 4. The highest BCUT2D eigenvalue weighted by molar-refractivity contribution is 5.83. The van der Waals surface area contributed by atoms with E-state index in [1.165, 1.54) is 0 Å². The van der Waals surface area contributed by atoms with Gasteiger partial charge in [0.15, 0.2) is 0 Å². The summed E-state index contributed by atoms with van der Waals surface area (Å²) in [5, 5.41) is 3.88. The number of carbonyl (C=O) groups excluding carboxylic acids is 3. The van der Waals surface area contributed by atoms with E-state index in [0.29, 0.717) is 6.42 Å². The molecule has 2 rings (SSSR count). The minimum Gasteiger partial charge on any atom is -0.443 e. The third-order valence-corrected chi connectivity index (χ3v) is 4.04. The van der Waals surface area contributed by atoms with E-state index in [1.807, 2.05) is 44.2 Å². The second-order valence-corrected chi connectivity index (χ2v) is 8.54. The Morgan fingerprint density at radius 2 is 1.89 bits per heavy atom.